The van der Waals surface area contributed by atoms with Crippen molar-refractivity contribution in [3.05, 3.63) is 75.3 Å². The molecule has 0 aromatic heterocycles. The topological polar surface area (TPSA) is 43.4 Å². The average Bonchev–Trinajstić information content (AvgIpc) is 2.55. The standard InChI is InChI=1S/C20H19BrO3/c1-13-7-9-17(11-14(13)2)20(23)15(3)24-19(22)10-8-16-5-4-6-18(21)12-16/h4-12,15H,1-3H3/b10-8+/t15-/m0/s1. The number of carbonyl (C=O) groups excluding carboxylic acids is 2. The molecule has 0 bridgehead atoms. The number of hydrogen-bond acceptors (Lipinski definition) is 3. The first kappa shape index (κ1) is 18.1. The highest BCUT2D eigenvalue weighted by Crippen LogP contribution is 2.14. The van der Waals surface area contributed by atoms with E-state index < -0.39 is 12.1 Å². The molecule has 2 aromatic carbocycles. The van der Waals surface area contributed by atoms with Crippen LogP contribution in [0, 0.1) is 13.8 Å². The number of Topliss-reactive ketones (excluding diaryl/α,β-unsaturated/α-hetero) is 1. The number of benzene rings is 2. The predicted octanol–water partition coefficient (Wildman–Crippen LogP) is 4.89. The molecule has 124 valence electrons. The van der Waals surface area contributed by atoms with Crippen LogP contribution >= 0.6 is 15.9 Å². The van der Waals surface area contributed by atoms with Gasteiger partial charge in [-0.1, -0.05) is 40.2 Å². The van der Waals surface area contributed by atoms with Crippen molar-refractivity contribution in [2.24, 2.45) is 0 Å². The minimum Gasteiger partial charge on any atom is -0.451 e. The number of aryl methyl sites for hydroxylation is 2. The van der Waals surface area contributed by atoms with Crippen LogP contribution in [0.15, 0.2) is 53.0 Å². The van der Waals surface area contributed by atoms with Crippen molar-refractivity contribution in [2.75, 3.05) is 0 Å². The smallest absolute Gasteiger partial charge is 0.331 e. The number of ether oxygens (including phenoxy) is 1. The van der Waals surface area contributed by atoms with Gasteiger partial charge < -0.3 is 4.74 Å². The summed E-state index contributed by atoms with van der Waals surface area (Å²) in [5, 5.41) is 0. The quantitative estimate of drug-likeness (QED) is 0.417. The van der Waals surface area contributed by atoms with Crippen LogP contribution in [0.1, 0.15) is 34.0 Å². The van der Waals surface area contributed by atoms with E-state index in [0.717, 1.165) is 21.2 Å². The molecule has 1 atom stereocenters. The largest absolute Gasteiger partial charge is 0.451 e. The van der Waals surface area contributed by atoms with Crippen molar-refractivity contribution < 1.29 is 14.3 Å². The van der Waals surface area contributed by atoms with Gasteiger partial charge in [-0.15, -0.1) is 0 Å². The first-order valence-electron chi connectivity index (χ1n) is 7.62. The SMILES string of the molecule is Cc1ccc(C(=O)[C@H](C)OC(=O)/C=C/c2cccc(Br)c2)cc1C. The summed E-state index contributed by atoms with van der Waals surface area (Å²) < 4.78 is 6.13. The van der Waals surface area contributed by atoms with Crippen molar-refractivity contribution in [3.8, 4) is 0 Å². The van der Waals surface area contributed by atoms with Crippen LogP contribution in [0.2, 0.25) is 0 Å². The number of halogens is 1. The van der Waals surface area contributed by atoms with E-state index in [9.17, 15) is 9.59 Å². The Labute approximate surface area is 150 Å². The Kier molecular flexibility index (Phi) is 6.10. The lowest BCUT2D eigenvalue weighted by molar-refractivity contribution is -0.140. The number of rotatable bonds is 5. The Balaban J connectivity index is 2.00. The van der Waals surface area contributed by atoms with Gasteiger partial charge in [0.25, 0.3) is 0 Å². The normalized spacial score (nSPS) is 12.2. The zero-order valence-electron chi connectivity index (χ0n) is 13.9. The third-order valence-electron chi connectivity index (χ3n) is 3.71. The fourth-order valence-corrected chi connectivity index (χ4v) is 2.59. The molecule has 0 radical (unpaired) electrons. The molecule has 0 aliphatic carbocycles. The van der Waals surface area contributed by atoms with Crippen LogP contribution in [-0.4, -0.2) is 17.9 Å². The molecular weight excluding hydrogens is 368 g/mol. The van der Waals surface area contributed by atoms with Crippen molar-refractivity contribution in [2.45, 2.75) is 26.9 Å². The van der Waals surface area contributed by atoms with Crippen molar-refractivity contribution in [1.82, 2.24) is 0 Å². The van der Waals surface area contributed by atoms with Gasteiger partial charge in [-0.05, 0) is 61.7 Å². The fourth-order valence-electron chi connectivity index (χ4n) is 2.17. The summed E-state index contributed by atoms with van der Waals surface area (Å²) in [4.78, 5) is 24.3. The van der Waals surface area contributed by atoms with E-state index in [2.05, 4.69) is 15.9 Å². The maximum absolute atomic E-state index is 12.4. The molecule has 0 amide bonds. The molecule has 0 saturated carbocycles. The molecule has 0 aliphatic rings. The van der Waals surface area contributed by atoms with E-state index in [0.29, 0.717) is 5.56 Å². The third kappa shape index (κ3) is 4.90. The molecule has 3 nitrogen and oxygen atoms in total. The first-order chi connectivity index (χ1) is 11.4. The van der Waals surface area contributed by atoms with Crippen molar-refractivity contribution in [1.29, 1.82) is 0 Å². The summed E-state index contributed by atoms with van der Waals surface area (Å²) in [6.07, 6.45) is 2.15. The van der Waals surface area contributed by atoms with Gasteiger partial charge in [0.2, 0.25) is 5.78 Å². The lowest BCUT2D eigenvalue weighted by atomic mass is 10.0. The number of ketones is 1. The fraction of sp³-hybridized carbons (Fsp3) is 0.200. The van der Waals surface area contributed by atoms with Gasteiger partial charge in [0, 0.05) is 16.1 Å². The molecule has 0 unspecified atom stereocenters. The summed E-state index contributed by atoms with van der Waals surface area (Å²) >= 11 is 3.37. The van der Waals surface area contributed by atoms with Crippen molar-refractivity contribution in [3.63, 3.8) is 0 Å². The second-order valence-electron chi connectivity index (χ2n) is 5.63. The highest BCUT2D eigenvalue weighted by molar-refractivity contribution is 9.10. The van der Waals surface area contributed by atoms with Gasteiger partial charge in [0.15, 0.2) is 6.10 Å². The lowest BCUT2D eigenvalue weighted by Crippen LogP contribution is -2.23. The van der Waals surface area contributed by atoms with E-state index in [4.69, 9.17) is 4.74 Å². The van der Waals surface area contributed by atoms with E-state index in [1.165, 1.54) is 6.08 Å². The van der Waals surface area contributed by atoms with Crippen LogP contribution in [0.3, 0.4) is 0 Å². The first-order valence-corrected chi connectivity index (χ1v) is 8.42. The number of esters is 1. The molecular formula is C20H19BrO3. The molecule has 2 rings (SSSR count). The summed E-state index contributed by atoms with van der Waals surface area (Å²) in [5.74, 6) is -0.748. The monoisotopic (exact) mass is 386 g/mol. The van der Waals surface area contributed by atoms with Crippen LogP contribution in [0.5, 0.6) is 0 Å². The molecule has 0 N–H and O–H groups in total. The second kappa shape index (κ2) is 8.06. The Hall–Kier alpha value is -2.20. The Morgan fingerprint density at radius 3 is 2.50 bits per heavy atom. The summed E-state index contributed by atoms with van der Waals surface area (Å²) in [7, 11) is 0. The molecule has 0 fully saturated rings. The van der Waals surface area contributed by atoms with Gasteiger partial charge in [0.05, 0.1) is 0 Å². The van der Waals surface area contributed by atoms with Crippen molar-refractivity contribution >= 4 is 33.8 Å². The molecule has 24 heavy (non-hydrogen) atoms. The van der Waals surface area contributed by atoms with Crippen LogP contribution in [-0.2, 0) is 9.53 Å². The Morgan fingerprint density at radius 2 is 1.83 bits per heavy atom. The van der Waals surface area contributed by atoms with E-state index in [-0.39, 0.29) is 5.78 Å². The molecule has 4 heteroatoms. The Morgan fingerprint density at radius 1 is 1.08 bits per heavy atom. The summed E-state index contributed by atoms with van der Waals surface area (Å²) in [6, 6.07) is 13.0. The average molecular weight is 387 g/mol. The maximum Gasteiger partial charge on any atom is 0.331 e. The zero-order valence-corrected chi connectivity index (χ0v) is 15.5. The molecule has 0 saturated heterocycles. The van der Waals surface area contributed by atoms with Gasteiger partial charge in [0.1, 0.15) is 0 Å². The summed E-state index contributed by atoms with van der Waals surface area (Å²) in [6.45, 7) is 5.52. The van der Waals surface area contributed by atoms with Gasteiger partial charge in [-0.25, -0.2) is 4.79 Å². The maximum atomic E-state index is 12.4. The van der Waals surface area contributed by atoms with Gasteiger partial charge in [-0.2, -0.15) is 0 Å². The third-order valence-corrected chi connectivity index (χ3v) is 4.21. The van der Waals surface area contributed by atoms with E-state index >= 15 is 0 Å². The molecule has 0 spiro atoms. The second-order valence-corrected chi connectivity index (χ2v) is 6.55. The highest BCUT2D eigenvalue weighted by atomic mass is 79.9. The Bertz CT molecular complexity index is 793. The minimum atomic E-state index is -0.827. The number of hydrogen-bond donors (Lipinski definition) is 0. The van der Waals surface area contributed by atoms with E-state index in [1.807, 2.05) is 50.2 Å². The van der Waals surface area contributed by atoms with Crippen LogP contribution in [0.4, 0.5) is 0 Å². The van der Waals surface area contributed by atoms with Crippen LogP contribution in [0.25, 0.3) is 6.08 Å². The lowest BCUT2D eigenvalue weighted by Gasteiger charge is -2.12. The van der Waals surface area contributed by atoms with Gasteiger partial charge in [-0.3, -0.25) is 4.79 Å². The highest BCUT2D eigenvalue weighted by Gasteiger charge is 2.18. The van der Waals surface area contributed by atoms with Gasteiger partial charge >= 0.3 is 5.97 Å². The zero-order chi connectivity index (χ0) is 17.7. The predicted molar refractivity (Wildman–Crippen MR) is 99.0 cm³/mol. The molecule has 0 aliphatic heterocycles. The molecule has 0 heterocycles. The van der Waals surface area contributed by atoms with E-state index in [1.54, 1.807) is 19.1 Å². The summed E-state index contributed by atoms with van der Waals surface area (Å²) in [5.41, 5.74) is 3.57. The van der Waals surface area contributed by atoms with Crippen LogP contribution < -0.4 is 0 Å². The molecule has 2 aromatic rings. The minimum absolute atomic E-state index is 0.206. The number of carbonyl (C=O) groups is 2.